The quantitative estimate of drug-likeness (QED) is 0.914. The first kappa shape index (κ1) is 15.1. The number of hydrogen-bond donors (Lipinski definition) is 1. The molecule has 1 saturated heterocycles. The van der Waals surface area contributed by atoms with Gasteiger partial charge in [-0.1, -0.05) is 12.1 Å². The van der Waals surface area contributed by atoms with Crippen LogP contribution in [0, 0.1) is 0 Å². The highest BCUT2D eigenvalue weighted by molar-refractivity contribution is 5.27. The van der Waals surface area contributed by atoms with E-state index in [1.165, 1.54) is 5.56 Å². The molecule has 0 radical (unpaired) electrons. The number of nitrogens with zero attached hydrogens (tertiary/aromatic N) is 3. The van der Waals surface area contributed by atoms with Crippen molar-refractivity contribution in [2.75, 3.05) is 19.6 Å². The van der Waals surface area contributed by atoms with Crippen LogP contribution in [0.2, 0.25) is 0 Å². The number of aryl methyl sites for hydroxylation is 1. The Balaban J connectivity index is 1.54. The van der Waals surface area contributed by atoms with E-state index in [1.807, 2.05) is 29.9 Å². The second kappa shape index (κ2) is 6.94. The van der Waals surface area contributed by atoms with Gasteiger partial charge in [-0.15, -0.1) is 0 Å². The molecule has 0 unspecified atom stereocenters. The Labute approximate surface area is 131 Å². The fourth-order valence-corrected chi connectivity index (χ4v) is 2.73. The fraction of sp³-hybridized carbons (Fsp3) is 0.471. The summed E-state index contributed by atoms with van der Waals surface area (Å²) >= 11 is 0. The maximum Gasteiger partial charge on any atom is 0.146 e. The van der Waals surface area contributed by atoms with Gasteiger partial charge in [-0.3, -0.25) is 4.90 Å². The number of piperazine rings is 1. The van der Waals surface area contributed by atoms with E-state index in [-0.39, 0.29) is 0 Å². The predicted octanol–water partition coefficient (Wildman–Crippen LogP) is 1.79. The number of ether oxygens (including phenoxy) is 1. The molecule has 118 valence electrons. The molecule has 1 aliphatic heterocycles. The number of rotatable bonds is 5. The summed E-state index contributed by atoms with van der Waals surface area (Å²) in [5.74, 6) is 1.82. The predicted molar refractivity (Wildman–Crippen MR) is 86.7 cm³/mol. The van der Waals surface area contributed by atoms with Gasteiger partial charge >= 0.3 is 0 Å². The Bertz CT molecular complexity index is 593. The van der Waals surface area contributed by atoms with Gasteiger partial charge in [-0.25, -0.2) is 4.98 Å². The van der Waals surface area contributed by atoms with Crippen molar-refractivity contribution < 1.29 is 4.74 Å². The molecule has 22 heavy (non-hydrogen) atoms. The molecular formula is C17H24N4O. The third-order valence-corrected chi connectivity index (χ3v) is 4.24. The minimum atomic E-state index is 0.498. The van der Waals surface area contributed by atoms with Crippen molar-refractivity contribution in [1.29, 1.82) is 0 Å². The summed E-state index contributed by atoms with van der Waals surface area (Å²) in [7, 11) is 1.98. The third kappa shape index (κ3) is 3.67. The van der Waals surface area contributed by atoms with Crippen LogP contribution in [-0.2, 0) is 20.2 Å². The molecule has 1 aromatic heterocycles. The molecule has 2 heterocycles. The lowest BCUT2D eigenvalue weighted by Gasteiger charge is -2.33. The Kier molecular flexibility index (Phi) is 4.75. The average molecular weight is 300 g/mol. The van der Waals surface area contributed by atoms with Gasteiger partial charge in [0.05, 0.1) is 0 Å². The summed E-state index contributed by atoms with van der Waals surface area (Å²) in [5, 5.41) is 3.42. The molecule has 5 heteroatoms. The monoisotopic (exact) mass is 300 g/mol. The van der Waals surface area contributed by atoms with E-state index in [4.69, 9.17) is 4.74 Å². The van der Waals surface area contributed by atoms with Gasteiger partial charge in [0.1, 0.15) is 18.2 Å². The van der Waals surface area contributed by atoms with Crippen molar-refractivity contribution in [3.63, 3.8) is 0 Å². The first-order valence-corrected chi connectivity index (χ1v) is 7.85. The second-order valence-corrected chi connectivity index (χ2v) is 5.91. The molecule has 2 aromatic rings. The third-order valence-electron chi connectivity index (χ3n) is 4.24. The summed E-state index contributed by atoms with van der Waals surface area (Å²) in [4.78, 5) is 6.77. The summed E-state index contributed by atoms with van der Waals surface area (Å²) in [6.45, 7) is 7.04. The molecule has 1 aliphatic rings. The lowest BCUT2D eigenvalue weighted by atomic mass is 10.1. The van der Waals surface area contributed by atoms with Crippen LogP contribution in [0.25, 0.3) is 0 Å². The van der Waals surface area contributed by atoms with Crippen LogP contribution >= 0.6 is 0 Å². The summed E-state index contributed by atoms with van der Waals surface area (Å²) < 4.78 is 7.76. The lowest BCUT2D eigenvalue weighted by Crippen LogP contribution is -2.49. The zero-order valence-corrected chi connectivity index (χ0v) is 13.3. The van der Waals surface area contributed by atoms with Crippen LogP contribution in [-0.4, -0.2) is 40.1 Å². The minimum absolute atomic E-state index is 0.498. The Hall–Kier alpha value is -1.85. The Morgan fingerprint density at radius 1 is 1.32 bits per heavy atom. The fourth-order valence-electron chi connectivity index (χ4n) is 2.73. The van der Waals surface area contributed by atoms with E-state index in [9.17, 15) is 0 Å². The molecule has 1 aromatic carbocycles. The molecule has 0 amide bonds. The molecular weight excluding hydrogens is 276 g/mol. The summed E-state index contributed by atoms with van der Waals surface area (Å²) in [6.07, 6.45) is 3.72. The number of benzene rings is 1. The van der Waals surface area contributed by atoms with Gasteiger partial charge in [0, 0.05) is 51.7 Å². The van der Waals surface area contributed by atoms with E-state index in [0.717, 1.165) is 37.8 Å². The van der Waals surface area contributed by atoms with Gasteiger partial charge in [0.2, 0.25) is 0 Å². The molecule has 3 rings (SSSR count). The average Bonchev–Trinajstić information content (AvgIpc) is 2.94. The highest BCUT2D eigenvalue weighted by Crippen LogP contribution is 2.16. The normalized spacial score (nSPS) is 19.3. The zero-order valence-electron chi connectivity index (χ0n) is 13.3. The number of aromatic nitrogens is 2. The van der Waals surface area contributed by atoms with E-state index in [1.54, 1.807) is 6.20 Å². The van der Waals surface area contributed by atoms with Gasteiger partial charge in [-0.05, 0) is 24.6 Å². The number of imidazole rings is 1. The zero-order chi connectivity index (χ0) is 15.4. The molecule has 0 aliphatic carbocycles. The van der Waals surface area contributed by atoms with Crippen LogP contribution < -0.4 is 10.1 Å². The molecule has 1 N–H and O–H groups in total. The van der Waals surface area contributed by atoms with Crippen molar-refractivity contribution in [2.24, 2.45) is 7.05 Å². The largest absolute Gasteiger partial charge is 0.486 e. The smallest absolute Gasteiger partial charge is 0.146 e. The van der Waals surface area contributed by atoms with Crippen molar-refractivity contribution in [3.05, 3.63) is 48.0 Å². The SMILES string of the molecule is C[C@@H]1CNCCN1Cc1ccc(OCc2nccn2C)cc1. The molecule has 0 bridgehead atoms. The van der Waals surface area contributed by atoms with Crippen molar-refractivity contribution in [2.45, 2.75) is 26.1 Å². The van der Waals surface area contributed by atoms with Crippen LogP contribution in [0.15, 0.2) is 36.7 Å². The van der Waals surface area contributed by atoms with E-state index in [0.29, 0.717) is 12.6 Å². The maximum absolute atomic E-state index is 5.79. The highest BCUT2D eigenvalue weighted by atomic mass is 16.5. The maximum atomic E-state index is 5.79. The Morgan fingerprint density at radius 3 is 2.82 bits per heavy atom. The first-order valence-electron chi connectivity index (χ1n) is 7.85. The highest BCUT2D eigenvalue weighted by Gasteiger charge is 2.17. The van der Waals surface area contributed by atoms with Crippen LogP contribution in [0.5, 0.6) is 5.75 Å². The molecule has 1 fully saturated rings. The number of hydrogen-bond acceptors (Lipinski definition) is 4. The summed E-state index contributed by atoms with van der Waals surface area (Å²) in [6, 6.07) is 8.99. The summed E-state index contributed by atoms with van der Waals surface area (Å²) in [5.41, 5.74) is 1.33. The van der Waals surface area contributed by atoms with Crippen LogP contribution in [0.3, 0.4) is 0 Å². The molecule has 1 atom stereocenters. The van der Waals surface area contributed by atoms with Gasteiger partial charge in [0.15, 0.2) is 0 Å². The van der Waals surface area contributed by atoms with Crippen molar-refractivity contribution in [1.82, 2.24) is 19.8 Å². The van der Waals surface area contributed by atoms with Crippen molar-refractivity contribution in [3.8, 4) is 5.75 Å². The van der Waals surface area contributed by atoms with E-state index >= 15 is 0 Å². The number of nitrogens with one attached hydrogen (secondary N) is 1. The van der Waals surface area contributed by atoms with Gasteiger partial charge in [-0.2, -0.15) is 0 Å². The molecule has 5 nitrogen and oxygen atoms in total. The van der Waals surface area contributed by atoms with Crippen molar-refractivity contribution >= 4 is 0 Å². The lowest BCUT2D eigenvalue weighted by molar-refractivity contribution is 0.165. The topological polar surface area (TPSA) is 42.3 Å². The molecule has 0 spiro atoms. The molecule has 0 saturated carbocycles. The second-order valence-electron chi connectivity index (χ2n) is 5.91. The van der Waals surface area contributed by atoms with Crippen LogP contribution in [0.1, 0.15) is 18.3 Å². The first-order chi connectivity index (χ1) is 10.7. The van der Waals surface area contributed by atoms with Gasteiger partial charge in [0.25, 0.3) is 0 Å². The van der Waals surface area contributed by atoms with Gasteiger partial charge < -0.3 is 14.6 Å². The Morgan fingerprint density at radius 2 is 2.14 bits per heavy atom. The standard InChI is InChI=1S/C17H24N4O/c1-14-11-18-7-10-21(14)12-15-3-5-16(6-4-15)22-13-17-19-8-9-20(17)2/h3-6,8-9,14,18H,7,10-13H2,1-2H3/t14-/m1/s1. The van der Waals surface area contributed by atoms with E-state index < -0.39 is 0 Å². The van der Waals surface area contributed by atoms with Crippen LogP contribution in [0.4, 0.5) is 0 Å². The minimum Gasteiger partial charge on any atom is -0.486 e. The van der Waals surface area contributed by atoms with E-state index in [2.05, 4.69) is 34.3 Å².